The number of hydrogen-bond donors (Lipinski definition) is 1. The summed E-state index contributed by atoms with van der Waals surface area (Å²) in [6.45, 7) is 4.58. The summed E-state index contributed by atoms with van der Waals surface area (Å²) in [4.78, 5) is 33.1. The highest BCUT2D eigenvalue weighted by Gasteiger charge is 2.32. The lowest BCUT2D eigenvalue weighted by Gasteiger charge is -2.25. The zero-order chi connectivity index (χ0) is 32.9. The van der Waals surface area contributed by atoms with Gasteiger partial charge in [-0.2, -0.15) is 5.26 Å². The summed E-state index contributed by atoms with van der Waals surface area (Å²) in [7, 11) is 0. The molecule has 5 aromatic rings. The van der Waals surface area contributed by atoms with Gasteiger partial charge in [0.15, 0.2) is 4.80 Å². The third kappa shape index (κ3) is 6.97. The Labute approximate surface area is 283 Å². The molecule has 1 N–H and O–H groups in total. The molecular formula is C37H29BrN4O4S. The van der Waals surface area contributed by atoms with Crippen molar-refractivity contribution in [3.8, 4) is 17.6 Å². The number of aromatic nitrogens is 1. The normalized spacial score (nSPS) is 14.2. The maximum Gasteiger partial charge on any atom is 0.271 e. The van der Waals surface area contributed by atoms with E-state index in [9.17, 15) is 9.59 Å². The molecule has 0 unspecified atom stereocenters. The Hall–Kier alpha value is -5.24. The third-order valence-corrected chi connectivity index (χ3v) is 9.14. The van der Waals surface area contributed by atoms with Crippen LogP contribution in [0.5, 0.6) is 11.5 Å². The zero-order valence-electron chi connectivity index (χ0n) is 25.6. The second-order valence-corrected chi connectivity index (χ2v) is 12.6. The highest BCUT2D eigenvalue weighted by molar-refractivity contribution is 9.10. The van der Waals surface area contributed by atoms with Gasteiger partial charge in [-0.25, -0.2) is 4.99 Å². The van der Waals surface area contributed by atoms with Crippen LogP contribution in [0.25, 0.3) is 6.08 Å². The van der Waals surface area contributed by atoms with Crippen LogP contribution in [0.1, 0.15) is 42.1 Å². The topological polar surface area (TPSA) is 106 Å². The Morgan fingerprint density at radius 1 is 1.04 bits per heavy atom. The first-order chi connectivity index (χ1) is 22.8. The number of hydrogen-bond acceptors (Lipinski definition) is 7. The number of rotatable bonds is 9. The van der Waals surface area contributed by atoms with E-state index in [0.717, 1.165) is 21.2 Å². The van der Waals surface area contributed by atoms with Gasteiger partial charge in [-0.15, -0.1) is 0 Å². The van der Waals surface area contributed by atoms with E-state index in [2.05, 4.69) is 27.3 Å². The Morgan fingerprint density at radius 3 is 2.47 bits per heavy atom. The van der Waals surface area contributed by atoms with Gasteiger partial charge < -0.3 is 14.8 Å². The zero-order valence-corrected chi connectivity index (χ0v) is 28.0. The molecule has 4 aromatic carbocycles. The Bertz CT molecular complexity index is 2200. The van der Waals surface area contributed by atoms with Crippen LogP contribution in [0.2, 0.25) is 0 Å². The van der Waals surface area contributed by atoms with Crippen molar-refractivity contribution >= 4 is 44.9 Å². The lowest BCUT2D eigenvalue weighted by molar-refractivity contribution is -0.113. The predicted molar refractivity (Wildman–Crippen MR) is 186 cm³/mol. The van der Waals surface area contributed by atoms with Crippen molar-refractivity contribution in [2.45, 2.75) is 26.5 Å². The van der Waals surface area contributed by atoms with Crippen LogP contribution in [-0.2, 0) is 11.4 Å². The summed E-state index contributed by atoms with van der Waals surface area (Å²) in [5.41, 5.74) is 4.42. The number of ether oxygens (including phenoxy) is 2. The quantitative estimate of drug-likeness (QED) is 0.189. The fraction of sp³-hybridized carbons (Fsp3) is 0.135. The number of thiazole rings is 1. The van der Waals surface area contributed by atoms with Crippen molar-refractivity contribution in [2.75, 3.05) is 11.9 Å². The minimum atomic E-state index is -0.697. The van der Waals surface area contributed by atoms with Crippen molar-refractivity contribution in [3.05, 3.63) is 155 Å². The van der Waals surface area contributed by atoms with Gasteiger partial charge in [0.25, 0.3) is 11.5 Å². The molecule has 0 saturated heterocycles. The van der Waals surface area contributed by atoms with Crippen LogP contribution >= 0.6 is 27.3 Å². The number of anilines is 1. The van der Waals surface area contributed by atoms with Gasteiger partial charge in [-0.1, -0.05) is 59.9 Å². The maximum absolute atomic E-state index is 14.1. The van der Waals surface area contributed by atoms with Crippen molar-refractivity contribution in [2.24, 2.45) is 4.99 Å². The standard InChI is InChI=1S/C37H29BrN4O4S/c1-3-45-29-16-14-27(15-17-29)34-33(35(43)41-28-7-5-4-6-8-28)23(2)40-37-42(34)36(44)32(47-37)20-26-13-18-31(30(38)19-26)46-22-25-11-9-24(21-39)10-12-25/h4-20,34H,3,22H2,1-2H3,(H,41,43)/b32-20-/t34-/m0/s1. The Kier molecular flexibility index (Phi) is 9.47. The average molecular weight is 706 g/mol. The molecule has 0 bridgehead atoms. The fourth-order valence-electron chi connectivity index (χ4n) is 5.27. The van der Waals surface area contributed by atoms with Gasteiger partial charge in [0, 0.05) is 5.69 Å². The number of allylic oxidation sites excluding steroid dienone is 1. The molecule has 234 valence electrons. The number of carbonyl (C=O) groups excluding carboxylic acids is 1. The molecule has 0 radical (unpaired) electrons. The van der Waals surface area contributed by atoms with E-state index < -0.39 is 6.04 Å². The van der Waals surface area contributed by atoms with E-state index in [1.165, 1.54) is 11.3 Å². The Morgan fingerprint density at radius 2 is 1.79 bits per heavy atom. The molecule has 0 aliphatic carbocycles. The maximum atomic E-state index is 14.1. The third-order valence-electron chi connectivity index (χ3n) is 7.54. The summed E-state index contributed by atoms with van der Waals surface area (Å²) in [5.74, 6) is 1.02. The first-order valence-corrected chi connectivity index (χ1v) is 16.5. The molecule has 1 amide bonds. The van der Waals surface area contributed by atoms with Crippen LogP contribution < -0.4 is 29.7 Å². The number of benzene rings is 4. The number of carbonyl (C=O) groups is 1. The van der Waals surface area contributed by atoms with E-state index in [1.807, 2.05) is 97.9 Å². The second-order valence-electron chi connectivity index (χ2n) is 10.7. The minimum Gasteiger partial charge on any atom is -0.494 e. The second kappa shape index (κ2) is 14.0. The van der Waals surface area contributed by atoms with E-state index in [4.69, 9.17) is 19.7 Å². The lowest BCUT2D eigenvalue weighted by atomic mass is 9.95. The fourth-order valence-corrected chi connectivity index (χ4v) is 6.83. The highest BCUT2D eigenvalue weighted by atomic mass is 79.9. The molecule has 1 aliphatic rings. The van der Waals surface area contributed by atoms with E-state index in [1.54, 1.807) is 23.6 Å². The van der Waals surface area contributed by atoms with Crippen molar-refractivity contribution in [1.29, 1.82) is 5.26 Å². The summed E-state index contributed by atoms with van der Waals surface area (Å²) in [6.07, 6.45) is 1.82. The number of para-hydroxylation sites is 1. The van der Waals surface area contributed by atoms with Crippen molar-refractivity contribution < 1.29 is 14.3 Å². The highest BCUT2D eigenvalue weighted by Crippen LogP contribution is 2.32. The number of nitrogens with zero attached hydrogens (tertiary/aromatic N) is 3. The monoisotopic (exact) mass is 704 g/mol. The van der Waals surface area contributed by atoms with Gasteiger partial charge in [-0.05, 0) is 101 Å². The summed E-state index contributed by atoms with van der Waals surface area (Å²) in [5, 5.41) is 12.0. The average Bonchev–Trinajstić information content (AvgIpc) is 3.38. The van der Waals surface area contributed by atoms with E-state index in [0.29, 0.717) is 56.6 Å². The number of halogens is 1. The molecule has 47 heavy (non-hydrogen) atoms. The van der Waals surface area contributed by atoms with Crippen LogP contribution in [0, 0.1) is 11.3 Å². The molecule has 1 aromatic heterocycles. The van der Waals surface area contributed by atoms with Gasteiger partial charge in [-0.3, -0.25) is 14.2 Å². The van der Waals surface area contributed by atoms with Crippen LogP contribution in [-0.4, -0.2) is 17.1 Å². The first-order valence-electron chi connectivity index (χ1n) is 14.9. The van der Waals surface area contributed by atoms with Crippen molar-refractivity contribution in [3.63, 3.8) is 0 Å². The largest absolute Gasteiger partial charge is 0.494 e. The summed E-state index contributed by atoms with van der Waals surface area (Å²) in [6, 6.07) is 30.9. The van der Waals surface area contributed by atoms with Gasteiger partial charge in [0.2, 0.25) is 0 Å². The molecule has 1 aliphatic heterocycles. The SMILES string of the molecule is CCOc1ccc([C@H]2C(C(=O)Nc3ccccc3)=C(C)N=c3s/c(=C\c4ccc(OCc5ccc(C#N)cc5)c(Br)c4)c(=O)n32)cc1. The van der Waals surface area contributed by atoms with Gasteiger partial charge in [0.05, 0.1) is 44.6 Å². The van der Waals surface area contributed by atoms with E-state index in [-0.39, 0.29) is 11.5 Å². The number of nitrogens with one attached hydrogen (secondary N) is 1. The molecule has 8 nitrogen and oxygen atoms in total. The van der Waals surface area contributed by atoms with Crippen molar-refractivity contribution in [1.82, 2.24) is 4.57 Å². The minimum absolute atomic E-state index is 0.248. The summed E-state index contributed by atoms with van der Waals surface area (Å²) >= 11 is 4.88. The molecule has 10 heteroatoms. The first kappa shape index (κ1) is 31.7. The Balaban J connectivity index is 1.35. The van der Waals surface area contributed by atoms with Crippen LogP contribution in [0.3, 0.4) is 0 Å². The number of fused-ring (bicyclic) bond motifs is 1. The van der Waals surface area contributed by atoms with Gasteiger partial charge >= 0.3 is 0 Å². The molecule has 2 heterocycles. The van der Waals surface area contributed by atoms with E-state index >= 15 is 0 Å². The number of nitriles is 1. The lowest BCUT2D eigenvalue weighted by Crippen LogP contribution is -2.40. The van der Waals surface area contributed by atoms with Gasteiger partial charge in [0.1, 0.15) is 18.1 Å². The molecule has 0 spiro atoms. The molecule has 0 saturated carbocycles. The van der Waals surface area contributed by atoms with Crippen LogP contribution in [0.15, 0.2) is 123 Å². The predicted octanol–water partition coefficient (Wildman–Crippen LogP) is 6.49. The molecule has 0 fully saturated rings. The molecule has 6 rings (SSSR count). The number of amides is 1. The summed E-state index contributed by atoms with van der Waals surface area (Å²) < 4.78 is 14.5. The smallest absolute Gasteiger partial charge is 0.271 e. The molecular weight excluding hydrogens is 676 g/mol. The molecule has 1 atom stereocenters. The van der Waals surface area contributed by atoms with Crippen LogP contribution in [0.4, 0.5) is 5.69 Å².